The molecule has 0 bridgehead atoms. The topological polar surface area (TPSA) is 94.5 Å². The molecule has 0 atom stereocenters. The Labute approximate surface area is 71.9 Å². The van der Waals surface area contributed by atoms with Crippen molar-refractivity contribution in [1.82, 2.24) is 0 Å². The van der Waals surface area contributed by atoms with Gasteiger partial charge in [-0.3, -0.25) is 0 Å². The average molecular weight is 298 g/mol. The third-order valence-electron chi connectivity index (χ3n) is 0. The Morgan fingerprint density at radius 3 is 0.500 bits per heavy atom. The molecule has 3 nitrogen and oxygen atoms in total. The number of hydrogen-bond acceptors (Lipinski definition) is 0. The number of rotatable bonds is 0. The molecule has 0 saturated carbocycles. The Morgan fingerprint density at radius 1 is 0.500 bits per heavy atom. The summed E-state index contributed by atoms with van der Waals surface area (Å²) in [7, 11) is 0. The van der Waals surface area contributed by atoms with Gasteiger partial charge in [0, 0.05) is 21.1 Å². The van der Waals surface area contributed by atoms with E-state index in [0.29, 0.717) is 0 Å². The van der Waals surface area contributed by atoms with Gasteiger partial charge in [0.05, 0.1) is 0 Å². The van der Waals surface area contributed by atoms with Gasteiger partial charge in [-0.15, -0.1) is 0 Å². The van der Waals surface area contributed by atoms with Crippen LogP contribution in [0.15, 0.2) is 0 Å². The zero-order chi connectivity index (χ0) is 0. The summed E-state index contributed by atoms with van der Waals surface area (Å²) in [4.78, 5) is 0. The standard InChI is InChI=1S/2Al.3H2O.W.6H/h;;3*1H2;;;;;;;. The van der Waals surface area contributed by atoms with Gasteiger partial charge in [0.15, 0.2) is 34.7 Å². The third kappa shape index (κ3) is 45.3. The molecule has 0 aliphatic carbocycles. The molecular formula is H12Al2O3W. The van der Waals surface area contributed by atoms with E-state index in [4.69, 9.17) is 0 Å². The molecule has 0 spiro atoms. The van der Waals surface area contributed by atoms with Crippen LogP contribution in [0.4, 0.5) is 0 Å². The van der Waals surface area contributed by atoms with Gasteiger partial charge in [-0.1, -0.05) is 0 Å². The average Bonchev–Trinajstić information content (AvgIpc) is 0. The molecule has 0 rings (SSSR count). The summed E-state index contributed by atoms with van der Waals surface area (Å²) < 4.78 is 0. The maximum Gasteiger partial charge on any atom is 0.187 e. The van der Waals surface area contributed by atoms with Gasteiger partial charge in [-0.25, -0.2) is 0 Å². The molecule has 0 aromatic heterocycles. The largest absolute Gasteiger partial charge is 0.412 e. The van der Waals surface area contributed by atoms with Gasteiger partial charge in [-0.05, 0) is 0 Å². The molecule has 0 fully saturated rings. The van der Waals surface area contributed by atoms with Crippen molar-refractivity contribution in [3.05, 3.63) is 0 Å². The third-order valence-corrected chi connectivity index (χ3v) is 0. The SMILES string of the molecule is O.O.O.[AlH3].[AlH3].[W]. The van der Waals surface area contributed by atoms with E-state index < -0.39 is 0 Å². The van der Waals surface area contributed by atoms with Crippen LogP contribution < -0.4 is 0 Å². The fraction of sp³-hybridized carbons (Fsp3) is 0. The first kappa shape index (κ1) is 126. The van der Waals surface area contributed by atoms with Crippen molar-refractivity contribution in [3.63, 3.8) is 0 Å². The summed E-state index contributed by atoms with van der Waals surface area (Å²) >= 11 is 0. The van der Waals surface area contributed by atoms with Crippen molar-refractivity contribution in [2.75, 3.05) is 0 Å². The molecule has 42 valence electrons. The van der Waals surface area contributed by atoms with Gasteiger partial charge in [0.2, 0.25) is 0 Å². The summed E-state index contributed by atoms with van der Waals surface area (Å²) in [6, 6.07) is 0. The van der Waals surface area contributed by atoms with Crippen LogP contribution >= 0.6 is 0 Å². The van der Waals surface area contributed by atoms with Crippen LogP contribution in [0, 0.1) is 0 Å². The molecule has 0 aromatic rings. The van der Waals surface area contributed by atoms with Gasteiger partial charge < -0.3 is 16.4 Å². The van der Waals surface area contributed by atoms with Gasteiger partial charge >= 0.3 is 0 Å². The second kappa shape index (κ2) is 78.9. The molecule has 0 heterocycles. The minimum absolute atomic E-state index is 0. The second-order valence-corrected chi connectivity index (χ2v) is 0. The van der Waals surface area contributed by atoms with E-state index >= 15 is 0 Å². The fourth-order valence-electron chi connectivity index (χ4n) is 0. The summed E-state index contributed by atoms with van der Waals surface area (Å²) in [5, 5.41) is 0. The first-order valence-corrected chi connectivity index (χ1v) is 0. The fourth-order valence-corrected chi connectivity index (χ4v) is 0. The minimum atomic E-state index is 0. The quantitative estimate of drug-likeness (QED) is 0.401. The summed E-state index contributed by atoms with van der Waals surface area (Å²) in [6.45, 7) is 0. The van der Waals surface area contributed by atoms with E-state index in [2.05, 4.69) is 0 Å². The van der Waals surface area contributed by atoms with Crippen molar-refractivity contribution in [3.8, 4) is 0 Å². The molecule has 0 aromatic carbocycles. The maximum absolute atomic E-state index is 0. The van der Waals surface area contributed by atoms with E-state index in [0.717, 1.165) is 0 Å². The van der Waals surface area contributed by atoms with Crippen molar-refractivity contribution in [2.24, 2.45) is 0 Å². The Morgan fingerprint density at radius 2 is 0.500 bits per heavy atom. The zero-order valence-electron chi connectivity index (χ0n) is 1.91. The van der Waals surface area contributed by atoms with E-state index in [-0.39, 0.29) is 72.2 Å². The summed E-state index contributed by atoms with van der Waals surface area (Å²) in [5.41, 5.74) is 0. The normalized spacial score (nSPS) is 0. The zero-order valence-corrected chi connectivity index (χ0v) is 4.84. The monoisotopic (exact) mass is 298 g/mol. The smallest absolute Gasteiger partial charge is 0.187 e. The van der Waals surface area contributed by atoms with Crippen molar-refractivity contribution >= 4 is 34.7 Å². The maximum atomic E-state index is 0. The molecule has 6 heavy (non-hydrogen) atoms. The van der Waals surface area contributed by atoms with Crippen LogP contribution in [-0.4, -0.2) is 51.2 Å². The Balaban J connectivity index is 0. The molecule has 0 aliphatic heterocycles. The molecule has 0 radical (unpaired) electrons. The van der Waals surface area contributed by atoms with Gasteiger partial charge in [0.1, 0.15) is 0 Å². The summed E-state index contributed by atoms with van der Waals surface area (Å²) in [6.07, 6.45) is 0. The van der Waals surface area contributed by atoms with Crippen LogP contribution in [-0.2, 0) is 21.1 Å². The molecule has 0 saturated heterocycles. The Hall–Kier alpha value is 1.63. The van der Waals surface area contributed by atoms with Crippen LogP contribution in [0.3, 0.4) is 0 Å². The predicted octanol–water partition coefficient (Wildman–Crippen LogP) is -4.84. The van der Waals surface area contributed by atoms with Gasteiger partial charge in [-0.2, -0.15) is 0 Å². The van der Waals surface area contributed by atoms with Crippen LogP contribution in [0.5, 0.6) is 0 Å². The molecular weight excluding hydrogens is 286 g/mol. The Kier molecular flexibility index (Phi) is 1660. The first-order valence-electron chi connectivity index (χ1n) is 0. The van der Waals surface area contributed by atoms with Crippen molar-refractivity contribution in [1.29, 1.82) is 0 Å². The molecule has 0 aliphatic rings. The van der Waals surface area contributed by atoms with Crippen LogP contribution in [0.1, 0.15) is 0 Å². The van der Waals surface area contributed by atoms with Crippen molar-refractivity contribution in [2.45, 2.75) is 0 Å². The summed E-state index contributed by atoms with van der Waals surface area (Å²) in [5.74, 6) is 0. The Bertz CT molecular complexity index is 8.75. The van der Waals surface area contributed by atoms with Crippen LogP contribution in [0.2, 0.25) is 0 Å². The molecule has 0 unspecified atom stereocenters. The first-order chi connectivity index (χ1) is 0. The van der Waals surface area contributed by atoms with E-state index in [1.165, 1.54) is 0 Å². The predicted molar refractivity (Wildman–Crippen MR) is 30.7 cm³/mol. The van der Waals surface area contributed by atoms with Crippen molar-refractivity contribution < 1.29 is 37.5 Å². The number of hydrogen-bond donors (Lipinski definition) is 0. The molecule has 6 heteroatoms. The van der Waals surface area contributed by atoms with E-state index in [1.807, 2.05) is 0 Å². The second-order valence-electron chi connectivity index (χ2n) is 0. The van der Waals surface area contributed by atoms with Crippen LogP contribution in [0.25, 0.3) is 0 Å². The molecule has 0 amide bonds. The molecule has 6 N–H and O–H groups in total. The van der Waals surface area contributed by atoms with E-state index in [9.17, 15) is 0 Å². The van der Waals surface area contributed by atoms with Gasteiger partial charge in [0.25, 0.3) is 0 Å². The van der Waals surface area contributed by atoms with E-state index in [1.54, 1.807) is 0 Å². The minimum Gasteiger partial charge on any atom is -0.412 e.